The van der Waals surface area contributed by atoms with E-state index in [1.165, 1.54) is 0 Å². The highest BCUT2D eigenvalue weighted by Gasteiger charge is 2.19. The van der Waals surface area contributed by atoms with Gasteiger partial charge in [-0.1, -0.05) is 13.8 Å². The van der Waals surface area contributed by atoms with Gasteiger partial charge in [-0.2, -0.15) is 0 Å². The van der Waals surface area contributed by atoms with Crippen molar-refractivity contribution >= 4 is 43.5 Å². The molecule has 0 aromatic heterocycles. The van der Waals surface area contributed by atoms with Crippen molar-refractivity contribution in [1.82, 2.24) is 0 Å². The minimum atomic E-state index is -0.887. The number of ether oxygens (including phenoxy) is 2. The Kier molecular flexibility index (Phi) is 6.58. The van der Waals surface area contributed by atoms with Gasteiger partial charge < -0.3 is 20.3 Å². The van der Waals surface area contributed by atoms with Crippen LogP contribution in [0.2, 0.25) is 0 Å². The molecule has 7 heteroatoms. The fraction of sp³-hybridized carbons (Fsp3) is 0.316. The summed E-state index contributed by atoms with van der Waals surface area (Å²) in [5, 5.41) is 9.20. The van der Waals surface area contributed by atoms with E-state index in [0.29, 0.717) is 37.4 Å². The van der Waals surface area contributed by atoms with Gasteiger partial charge >= 0.3 is 5.97 Å². The van der Waals surface area contributed by atoms with Crippen LogP contribution in [0.5, 0.6) is 17.2 Å². The zero-order valence-electron chi connectivity index (χ0n) is 15.0. The van der Waals surface area contributed by atoms with Crippen molar-refractivity contribution < 1.29 is 19.4 Å². The van der Waals surface area contributed by atoms with Crippen LogP contribution in [-0.2, 0) is 4.79 Å². The maximum absolute atomic E-state index is 11.2. The molecule has 140 valence electrons. The van der Waals surface area contributed by atoms with E-state index >= 15 is 0 Å². The summed E-state index contributed by atoms with van der Waals surface area (Å²) in [5.74, 6) is 0.471. The van der Waals surface area contributed by atoms with Crippen LogP contribution in [0.25, 0.3) is 0 Å². The van der Waals surface area contributed by atoms with Gasteiger partial charge in [0.05, 0.1) is 27.7 Å². The minimum Gasteiger partial charge on any atom is -0.494 e. The molecule has 0 saturated heterocycles. The molecule has 26 heavy (non-hydrogen) atoms. The molecule has 3 N–H and O–H groups in total. The molecule has 0 aliphatic heterocycles. The molecule has 2 aromatic carbocycles. The molecule has 0 fully saturated rings. The molecule has 0 aliphatic rings. The first-order valence-corrected chi connectivity index (χ1v) is 9.61. The highest BCUT2D eigenvalue weighted by atomic mass is 79.9. The molecule has 1 unspecified atom stereocenters. The summed E-state index contributed by atoms with van der Waals surface area (Å²) in [6.45, 7) is 5.74. The summed E-state index contributed by atoms with van der Waals surface area (Å²) >= 11 is 6.93. The molecular formula is C19H21Br2NO4. The zero-order chi connectivity index (χ0) is 19.6. The second-order valence-electron chi connectivity index (χ2n) is 6.27. The Morgan fingerprint density at radius 3 is 2.12 bits per heavy atom. The standard InChI is InChI=1S/C19H21Br2NO4/c1-9(2)13-7-12(8-16(22)17(13)25-4)26-18-14(20)5-11(6-15(18)21)10(3)19(23)24/h5-10H,22H2,1-4H3,(H,23,24). The number of carboxylic acid groups (broad SMARTS) is 1. The summed E-state index contributed by atoms with van der Waals surface area (Å²) in [6, 6.07) is 7.09. The third-order valence-electron chi connectivity index (χ3n) is 4.06. The maximum atomic E-state index is 11.2. The number of carbonyl (C=O) groups is 1. The van der Waals surface area contributed by atoms with E-state index in [1.807, 2.05) is 6.07 Å². The summed E-state index contributed by atoms with van der Waals surface area (Å²) in [4.78, 5) is 11.2. The smallest absolute Gasteiger partial charge is 0.310 e. The molecule has 2 rings (SSSR count). The lowest BCUT2D eigenvalue weighted by molar-refractivity contribution is -0.138. The number of nitrogens with two attached hydrogens (primary N) is 1. The summed E-state index contributed by atoms with van der Waals surface area (Å²) in [6.07, 6.45) is 0. The van der Waals surface area contributed by atoms with Gasteiger partial charge in [0.15, 0.2) is 5.75 Å². The van der Waals surface area contributed by atoms with Crippen molar-refractivity contribution in [2.45, 2.75) is 32.6 Å². The third kappa shape index (κ3) is 4.32. The van der Waals surface area contributed by atoms with E-state index in [2.05, 4.69) is 45.7 Å². The lowest BCUT2D eigenvalue weighted by atomic mass is 10.0. The number of anilines is 1. The quantitative estimate of drug-likeness (QED) is 0.496. The number of aliphatic carboxylic acids is 1. The largest absolute Gasteiger partial charge is 0.494 e. The maximum Gasteiger partial charge on any atom is 0.310 e. The first kappa shape index (κ1) is 20.6. The van der Waals surface area contributed by atoms with Crippen LogP contribution in [-0.4, -0.2) is 18.2 Å². The zero-order valence-corrected chi connectivity index (χ0v) is 18.1. The van der Waals surface area contributed by atoms with Gasteiger partial charge in [-0.15, -0.1) is 0 Å². The Morgan fingerprint density at radius 2 is 1.65 bits per heavy atom. The highest BCUT2D eigenvalue weighted by molar-refractivity contribution is 9.11. The number of hydrogen-bond donors (Lipinski definition) is 2. The number of benzene rings is 2. The molecule has 0 spiro atoms. The fourth-order valence-corrected chi connectivity index (χ4v) is 3.94. The van der Waals surface area contributed by atoms with Crippen molar-refractivity contribution in [3.8, 4) is 17.2 Å². The van der Waals surface area contributed by atoms with Crippen molar-refractivity contribution in [3.05, 3.63) is 44.3 Å². The summed E-state index contributed by atoms with van der Waals surface area (Å²) in [5.41, 5.74) is 8.22. The van der Waals surface area contributed by atoms with Gasteiger partial charge in [0.2, 0.25) is 0 Å². The number of halogens is 2. The summed E-state index contributed by atoms with van der Waals surface area (Å²) < 4.78 is 12.7. The molecule has 5 nitrogen and oxygen atoms in total. The minimum absolute atomic E-state index is 0.210. The normalized spacial score (nSPS) is 12.1. The van der Waals surface area contributed by atoms with Crippen molar-refractivity contribution in [3.63, 3.8) is 0 Å². The van der Waals surface area contributed by atoms with Gasteiger partial charge in [0.1, 0.15) is 11.5 Å². The van der Waals surface area contributed by atoms with Crippen LogP contribution in [0.4, 0.5) is 5.69 Å². The van der Waals surface area contributed by atoms with Crippen LogP contribution >= 0.6 is 31.9 Å². The molecular weight excluding hydrogens is 466 g/mol. The first-order chi connectivity index (χ1) is 12.1. The number of methoxy groups -OCH3 is 1. The Morgan fingerprint density at radius 1 is 1.08 bits per heavy atom. The van der Waals surface area contributed by atoms with E-state index in [4.69, 9.17) is 15.2 Å². The fourth-order valence-electron chi connectivity index (χ4n) is 2.56. The van der Waals surface area contributed by atoms with E-state index in [0.717, 1.165) is 5.56 Å². The lowest BCUT2D eigenvalue weighted by Crippen LogP contribution is -2.07. The summed E-state index contributed by atoms with van der Waals surface area (Å²) in [7, 11) is 1.59. The van der Waals surface area contributed by atoms with Crippen molar-refractivity contribution in [1.29, 1.82) is 0 Å². The van der Waals surface area contributed by atoms with Gasteiger partial charge in [-0.25, -0.2) is 0 Å². The molecule has 0 aliphatic carbocycles. The van der Waals surface area contributed by atoms with E-state index in [9.17, 15) is 9.90 Å². The Labute approximate surface area is 169 Å². The number of carboxylic acids is 1. The molecule has 0 saturated carbocycles. The van der Waals surface area contributed by atoms with Crippen molar-refractivity contribution in [2.24, 2.45) is 0 Å². The average Bonchev–Trinajstić information content (AvgIpc) is 2.56. The number of nitrogen functional groups attached to an aromatic ring is 1. The first-order valence-electron chi connectivity index (χ1n) is 8.02. The number of hydrogen-bond acceptors (Lipinski definition) is 4. The van der Waals surface area contributed by atoms with Crippen LogP contribution in [0, 0.1) is 0 Å². The van der Waals surface area contributed by atoms with Crippen LogP contribution < -0.4 is 15.2 Å². The molecule has 0 heterocycles. The van der Waals surface area contributed by atoms with Gasteiger partial charge in [-0.3, -0.25) is 4.79 Å². The monoisotopic (exact) mass is 485 g/mol. The number of rotatable bonds is 6. The molecule has 0 amide bonds. The Hall–Kier alpha value is -1.73. The molecule has 1 atom stereocenters. The average molecular weight is 487 g/mol. The lowest BCUT2D eigenvalue weighted by Gasteiger charge is -2.18. The van der Waals surface area contributed by atoms with Crippen molar-refractivity contribution in [2.75, 3.05) is 12.8 Å². The Bertz CT molecular complexity index is 814. The predicted octanol–water partition coefficient (Wildman–Crippen LogP) is 5.91. The molecule has 0 bridgehead atoms. The Balaban J connectivity index is 2.44. The predicted molar refractivity (Wildman–Crippen MR) is 109 cm³/mol. The molecule has 2 aromatic rings. The second kappa shape index (κ2) is 8.31. The second-order valence-corrected chi connectivity index (χ2v) is 7.97. The van der Waals surface area contributed by atoms with Gasteiger partial charge in [-0.05, 0) is 68.5 Å². The van der Waals surface area contributed by atoms with Gasteiger partial charge in [0, 0.05) is 11.6 Å². The molecule has 0 radical (unpaired) electrons. The third-order valence-corrected chi connectivity index (χ3v) is 5.24. The highest BCUT2D eigenvalue weighted by Crippen LogP contribution is 2.42. The van der Waals surface area contributed by atoms with E-state index in [-0.39, 0.29) is 5.92 Å². The van der Waals surface area contributed by atoms with Crippen LogP contribution in [0.3, 0.4) is 0 Å². The van der Waals surface area contributed by atoms with Crippen LogP contribution in [0.1, 0.15) is 43.7 Å². The topological polar surface area (TPSA) is 81.8 Å². The van der Waals surface area contributed by atoms with E-state index < -0.39 is 11.9 Å². The SMILES string of the molecule is COc1c(N)cc(Oc2c(Br)cc(C(C)C(=O)O)cc2Br)cc1C(C)C. The van der Waals surface area contributed by atoms with E-state index in [1.54, 1.807) is 32.2 Å². The van der Waals surface area contributed by atoms with Crippen LogP contribution in [0.15, 0.2) is 33.2 Å². The van der Waals surface area contributed by atoms with Gasteiger partial charge in [0.25, 0.3) is 0 Å².